The SMILES string of the molecule is CCCCC[C@H](C)O[C@@H]1O[C@H](C(=O)O)[C@@H](O)[C@H](O)[C@H]1O. The molecule has 1 aliphatic heterocycles. The molecule has 0 aliphatic carbocycles. The lowest BCUT2D eigenvalue weighted by molar-refractivity contribution is -0.303. The van der Waals surface area contributed by atoms with E-state index in [1.807, 2.05) is 0 Å². The third kappa shape index (κ3) is 4.39. The maximum absolute atomic E-state index is 10.9. The monoisotopic (exact) mass is 292 g/mol. The van der Waals surface area contributed by atoms with Crippen molar-refractivity contribution in [1.82, 2.24) is 0 Å². The molecule has 7 heteroatoms. The van der Waals surface area contributed by atoms with Gasteiger partial charge in [0.25, 0.3) is 0 Å². The molecule has 1 fully saturated rings. The van der Waals surface area contributed by atoms with Gasteiger partial charge >= 0.3 is 5.97 Å². The van der Waals surface area contributed by atoms with Crippen molar-refractivity contribution in [2.75, 3.05) is 0 Å². The second kappa shape index (κ2) is 7.90. The minimum absolute atomic E-state index is 0.238. The van der Waals surface area contributed by atoms with Crippen LogP contribution in [-0.2, 0) is 14.3 Å². The number of carbonyl (C=O) groups is 1. The highest BCUT2D eigenvalue weighted by molar-refractivity contribution is 5.73. The Hall–Kier alpha value is -0.730. The molecule has 0 spiro atoms. The van der Waals surface area contributed by atoms with Gasteiger partial charge in [0.05, 0.1) is 6.10 Å². The van der Waals surface area contributed by atoms with Crippen LogP contribution in [0.4, 0.5) is 0 Å². The highest BCUT2D eigenvalue weighted by Gasteiger charge is 2.47. The zero-order valence-electron chi connectivity index (χ0n) is 11.8. The number of rotatable bonds is 7. The van der Waals surface area contributed by atoms with E-state index in [1.165, 1.54) is 0 Å². The zero-order valence-corrected chi connectivity index (χ0v) is 11.8. The van der Waals surface area contributed by atoms with Gasteiger partial charge in [-0.25, -0.2) is 4.79 Å². The van der Waals surface area contributed by atoms with Gasteiger partial charge in [0.15, 0.2) is 12.4 Å². The molecule has 0 aromatic heterocycles. The van der Waals surface area contributed by atoms with Crippen LogP contribution >= 0.6 is 0 Å². The van der Waals surface area contributed by atoms with Crippen LogP contribution in [0.2, 0.25) is 0 Å². The highest BCUT2D eigenvalue weighted by atomic mass is 16.7. The predicted octanol–water partition coefficient (Wildman–Crippen LogP) is -0.136. The molecule has 0 radical (unpaired) electrons. The van der Waals surface area contributed by atoms with Gasteiger partial charge in [-0.15, -0.1) is 0 Å². The average Bonchev–Trinajstić information content (AvgIpc) is 2.39. The van der Waals surface area contributed by atoms with Crippen LogP contribution in [0.15, 0.2) is 0 Å². The molecule has 1 rings (SSSR count). The quantitative estimate of drug-likeness (QED) is 0.483. The van der Waals surface area contributed by atoms with E-state index in [0.717, 1.165) is 25.7 Å². The number of ether oxygens (including phenoxy) is 2. The first-order valence-electron chi connectivity index (χ1n) is 6.96. The third-order valence-corrected chi connectivity index (χ3v) is 3.39. The van der Waals surface area contributed by atoms with Gasteiger partial charge in [-0.3, -0.25) is 0 Å². The molecule has 0 aromatic carbocycles. The summed E-state index contributed by atoms with van der Waals surface area (Å²) in [4.78, 5) is 10.9. The second-order valence-corrected chi connectivity index (χ2v) is 5.18. The molecule has 0 saturated carbocycles. The predicted molar refractivity (Wildman–Crippen MR) is 69.0 cm³/mol. The first-order chi connectivity index (χ1) is 9.38. The largest absolute Gasteiger partial charge is 0.479 e. The molecule has 20 heavy (non-hydrogen) atoms. The van der Waals surface area contributed by atoms with Crippen molar-refractivity contribution < 1.29 is 34.7 Å². The van der Waals surface area contributed by atoms with E-state index < -0.39 is 36.7 Å². The molecule has 0 amide bonds. The molecule has 118 valence electrons. The smallest absolute Gasteiger partial charge is 0.335 e. The van der Waals surface area contributed by atoms with Gasteiger partial charge in [-0.1, -0.05) is 26.2 Å². The summed E-state index contributed by atoms with van der Waals surface area (Å²) in [6.45, 7) is 3.87. The minimum Gasteiger partial charge on any atom is -0.479 e. The Labute approximate surface area is 118 Å². The lowest BCUT2D eigenvalue weighted by Gasteiger charge is -2.39. The fourth-order valence-electron chi connectivity index (χ4n) is 2.14. The van der Waals surface area contributed by atoms with Gasteiger partial charge in [-0.2, -0.15) is 0 Å². The van der Waals surface area contributed by atoms with E-state index in [2.05, 4.69) is 6.92 Å². The molecule has 4 N–H and O–H groups in total. The van der Waals surface area contributed by atoms with Gasteiger partial charge in [0.1, 0.15) is 18.3 Å². The summed E-state index contributed by atoms with van der Waals surface area (Å²) in [6.07, 6.45) is -4.05. The number of aliphatic carboxylic acids is 1. The van der Waals surface area contributed by atoms with E-state index in [-0.39, 0.29) is 6.10 Å². The Morgan fingerprint density at radius 2 is 1.85 bits per heavy atom. The van der Waals surface area contributed by atoms with Crippen molar-refractivity contribution in [1.29, 1.82) is 0 Å². The van der Waals surface area contributed by atoms with Crippen molar-refractivity contribution in [2.45, 2.75) is 76.3 Å². The maximum atomic E-state index is 10.9. The topological polar surface area (TPSA) is 116 Å². The fourth-order valence-corrected chi connectivity index (χ4v) is 2.14. The number of hydrogen-bond donors (Lipinski definition) is 4. The van der Waals surface area contributed by atoms with Crippen LogP contribution in [0.1, 0.15) is 39.5 Å². The van der Waals surface area contributed by atoms with Crippen LogP contribution in [0, 0.1) is 0 Å². The summed E-state index contributed by atoms with van der Waals surface area (Å²) in [5.74, 6) is -1.41. The molecular weight excluding hydrogens is 268 g/mol. The lowest BCUT2D eigenvalue weighted by Crippen LogP contribution is -2.60. The first-order valence-corrected chi connectivity index (χ1v) is 6.96. The van der Waals surface area contributed by atoms with Crippen molar-refractivity contribution in [3.05, 3.63) is 0 Å². The van der Waals surface area contributed by atoms with Crippen LogP contribution in [0.3, 0.4) is 0 Å². The Bertz CT molecular complexity index is 309. The number of unbranched alkanes of at least 4 members (excludes halogenated alkanes) is 2. The standard InChI is InChI=1S/C13H24O7/c1-3-4-5-6-7(2)19-13-10(16)8(14)9(15)11(20-13)12(17)18/h7-11,13-16H,3-6H2,1-2H3,(H,17,18)/t7-,8-,9-,10+,11-,13+/m0/s1. The van der Waals surface area contributed by atoms with E-state index in [9.17, 15) is 20.1 Å². The van der Waals surface area contributed by atoms with Gasteiger partial charge in [0.2, 0.25) is 0 Å². The maximum Gasteiger partial charge on any atom is 0.335 e. The van der Waals surface area contributed by atoms with E-state index in [0.29, 0.717) is 0 Å². The molecular formula is C13H24O7. The summed E-state index contributed by atoms with van der Waals surface area (Å²) in [7, 11) is 0. The lowest BCUT2D eigenvalue weighted by atomic mass is 9.99. The van der Waals surface area contributed by atoms with Gasteiger partial charge in [0, 0.05) is 0 Å². The molecule has 0 aromatic rings. The zero-order chi connectivity index (χ0) is 15.3. The number of aliphatic hydroxyl groups excluding tert-OH is 3. The molecule has 7 nitrogen and oxygen atoms in total. The molecule has 1 aliphatic rings. The number of carboxylic acids is 1. The van der Waals surface area contributed by atoms with Crippen LogP contribution in [0.25, 0.3) is 0 Å². The Kier molecular flexibility index (Phi) is 6.84. The number of aliphatic hydroxyl groups is 3. The Morgan fingerprint density at radius 3 is 2.40 bits per heavy atom. The summed E-state index contributed by atoms with van der Waals surface area (Å²) >= 11 is 0. The average molecular weight is 292 g/mol. The van der Waals surface area contributed by atoms with E-state index in [4.69, 9.17) is 14.6 Å². The van der Waals surface area contributed by atoms with Crippen molar-refractivity contribution in [2.24, 2.45) is 0 Å². The number of hydrogen-bond acceptors (Lipinski definition) is 6. The summed E-state index contributed by atoms with van der Waals surface area (Å²) < 4.78 is 10.5. The molecule has 0 bridgehead atoms. The van der Waals surface area contributed by atoms with Crippen LogP contribution in [0.5, 0.6) is 0 Å². The number of carboxylic acid groups (broad SMARTS) is 1. The summed E-state index contributed by atoms with van der Waals surface area (Å²) in [5, 5.41) is 37.9. The molecule has 1 saturated heterocycles. The normalized spacial score (nSPS) is 35.8. The second-order valence-electron chi connectivity index (χ2n) is 5.18. The molecule has 0 unspecified atom stereocenters. The first kappa shape index (κ1) is 17.3. The minimum atomic E-state index is -1.68. The van der Waals surface area contributed by atoms with Crippen molar-refractivity contribution in [3.63, 3.8) is 0 Å². The van der Waals surface area contributed by atoms with Crippen LogP contribution in [-0.4, -0.2) is 63.2 Å². The molecule has 6 atom stereocenters. The van der Waals surface area contributed by atoms with E-state index >= 15 is 0 Å². The van der Waals surface area contributed by atoms with Gasteiger partial charge in [-0.05, 0) is 13.3 Å². The summed E-state index contributed by atoms with van der Waals surface area (Å²) in [6, 6.07) is 0. The van der Waals surface area contributed by atoms with Crippen molar-refractivity contribution >= 4 is 5.97 Å². The van der Waals surface area contributed by atoms with Gasteiger partial charge < -0.3 is 29.9 Å². The molecule has 1 heterocycles. The summed E-state index contributed by atoms with van der Waals surface area (Å²) in [5.41, 5.74) is 0. The Balaban J connectivity index is 2.57. The Morgan fingerprint density at radius 1 is 1.20 bits per heavy atom. The van der Waals surface area contributed by atoms with E-state index in [1.54, 1.807) is 6.92 Å². The van der Waals surface area contributed by atoms with Crippen molar-refractivity contribution in [3.8, 4) is 0 Å². The highest BCUT2D eigenvalue weighted by Crippen LogP contribution is 2.24. The fraction of sp³-hybridized carbons (Fsp3) is 0.923. The van der Waals surface area contributed by atoms with Crippen LogP contribution < -0.4 is 0 Å². The third-order valence-electron chi connectivity index (χ3n) is 3.39.